The topological polar surface area (TPSA) is 54.2 Å². The molecular weight excluding hydrogens is 420 g/mol. The van der Waals surface area contributed by atoms with Gasteiger partial charge in [-0.1, -0.05) is 13.0 Å². The smallest absolute Gasteiger partial charge is 0.191 e. The molecule has 0 spiro atoms. The van der Waals surface area contributed by atoms with Gasteiger partial charge in [0, 0.05) is 25.5 Å². The van der Waals surface area contributed by atoms with Gasteiger partial charge >= 0.3 is 0 Å². The van der Waals surface area contributed by atoms with Gasteiger partial charge < -0.3 is 15.2 Å². The summed E-state index contributed by atoms with van der Waals surface area (Å²) in [7, 11) is 0. The van der Waals surface area contributed by atoms with E-state index >= 15 is 0 Å². The largest absolute Gasteiger partial charge is 0.357 e. The lowest BCUT2D eigenvalue weighted by atomic mass is 10.2. The average molecular weight is 445 g/mol. The van der Waals surface area contributed by atoms with Crippen LogP contribution in [0, 0.1) is 12.7 Å². The van der Waals surface area contributed by atoms with Gasteiger partial charge in [-0.25, -0.2) is 14.4 Å². The lowest BCUT2D eigenvalue weighted by molar-refractivity contribution is 0.614. The number of hydrogen-bond donors (Lipinski definition) is 2. The van der Waals surface area contributed by atoms with E-state index in [1.807, 2.05) is 19.9 Å². The third-order valence-corrected chi connectivity index (χ3v) is 3.40. The molecule has 5 nitrogen and oxygen atoms in total. The number of hydrogen-bond acceptors (Lipinski definition) is 2. The molecule has 0 aliphatic heterocycles. The van der Waals surface area contributed by atoms with Crippen LogP contribution in [-0.4, -0.2) is 28.6 Å². The number of imidazole rings is 1. The molecule has 2 rings (SSSR count). The zero-order valence-corrected chi connectivity index (χ0v) is 16.7. The summed E-state index contributed by atoms with van der Waals surface area (Å²) in [6, 6.07) is 5.19. The van der Waals surface area contributed by atoms with E-state index in [9.17, 15) is 4.39 Å². The van der Waals surface area contributed by atoms with Crippen molar-refractivity contribution in [2.24, 2.45) is 4.99 Å². The number of nitrogens with zero attached hydrogens (tertiary/aromatic N) is 3. The van der Waals surface area contributed by atoms with Crippen LogP contribution in [0.2, 0.25) is 0 Å². The third-order valence-electron chi connectivity index (χ3n) is 3.40. The third kappa shape index (κ3) is 5.47. The van der Waals surface area contributed by atoms with E-state index in [0.29, 0.717) is 12.2 Å². The molecule has 0 bridgehead atoms. The highest BCUT2D eigenvalue weighted by molar-refractivity contribution is 14.0. The number of rotatable bonds is 6. The number of aliphatic imine (C=N–C) groups is 1. The normalized spacial score (nSPS) is 11.1. The molecule has 132 valence electrons. The van der Waals surface area contributed by atoms with Crippen LogP contribution in [0.25, 0.3) is 5.69 Å². The predicted octanol–water partition coefficient (Wildman–Crippen LogP) is 3.40. The van der Waals surface area contributed by atoms with Crippen LogP contribution >= 0.6 is 24.0 Å². The van der Waals surface area contributed by atoms with Crippen LogP contribution in [0.3, 0.4) is 0 Å². The summed E-state index contributed by atoms with van der Waals surface area (Å²) in [6.07, 6.45) is 4.44. The number of aryl methyl sites for hydroxylation is 1. The molecule has 2 N–H and O–H groups in total. The predicted molar refractivity (Wildman–Crippen MR) is 107 cm³/mol. The molecule has 0 saturated carbocycles. The molecule has 0 fully saturated rings. The Morgan fingerprint density at radius 3 is 2.67 bits per heavy atom. The second kappa shape index (κ2) is 10.3. The Morgan fingerprint density at radius 2 is 2.08 bits per heavy atom. The summed E-state index contributed by atoms with van der Waals surface area (Å²) < 4.78 is 16.1. The molecule has 1 heterocycles. The maximum atomic E-state index is 14.3. The molecule has 0 aliphatic carbocycles. The van der Waals surface area contributed by atoms with Gasteiger partial charge in [0.2, 0.25) is 0 Å². The number of benzene rings is 1. The fourth-order valence-electron chi connectivity index (χ4n) is 2.23. The molecule has 0 amide bonds. The van der Waals surface area contributed by atoms with Gasteiger partial charge in [-0.2, -0.15) is 0 Å². The van der Waals surface area contributed by atoms with Crippen LogP contribution in [0.15, 0.2) is 35.6 Å². The van der Waals surface area contributed by atoms with Crippen molar-refractivity contribution in [3.63, 3.8) is 0 Å². The van der Waals surface area contributed by atoms with E-state index in [-0.39, 0.29) is 29.8 Å². The van der Waals surface area contributed by atoms with E-state index < -0.39 is 0 Å². The molecule has 7 heteroatoms. The first kappa shape index (κ1) is 20.4. The van der Waals surface area contributed by atoms with E-state index in [4.69, 9.17) is 0 Å². The Balaban J connectivity index is 0.00000288. The van der Waals surface area contributed by atoms with Crippen molar-refractivity contribution in [1.29, 1.82) is 0 Å². The Bertz CT molecular complexity index is 669. The van der Waals surface area contributed by atoms with Gasteiger partial charge in [-0.05, 0) is 38.0 Å². The number of nitrogens with one attached hydrogen (secondary N) is 2. The van der Waals surface area contributed by atoms with Crippen molar-refractivity contribution < 1.29 is 4.39 Å². The van der Waals surface area contributed by atoms with Gasteiger partial charge in [0.25, 0.3) is 0 Å². The quantitative estimate of drug-likeness (QED) is 0.407. The fourth-order valence-corrected chi connectivity index (χ4v) is 2.23. The van der Waals surface area contributed by atoms with Crippen molar-refractivity contribution in [2.45, 2.75) is 33.7 Å². The van der Waals surface area contributed by atoms with Gasteiger partial charge in [0.05, 0.1) is 12.2 Å². The zero-order chi connectivity index (χ0) is 16.7. The standard InChI is InChI=1S/C17H24FN5.HI/c1-4-8-21-17(19-5-2)22-12-14-6-7-16(15(18)11-14)23-10-9-20-13(23)3;/h6-7,9-11H,4-5,8,12H2,1-3H3,(H2,19,21,22);1H. The number of halogens is 2. The minimum absolute atomic E-state index is 0. The summed E-state index contributed by atoms with van der Waals surface area (Å²) in [5, 5.41) is 6.41. The number of guanidine groups is 1. The Kier molecular flexibility index (Phi) is 8.73. The molecule has 0 aliphatic rings. The van der Waals surface area contributed by atoms with Crippen molar-refractivity contribution in [1.82, 2.24) is 20.2 Å². The van der Waals surface area contributed by atoms with E-state index in [0.717, 1.165) is 36.9 Å². The molecular formula is C17H25FIN5. The van der Waals surface area contributed by atoms with E-state index in [2.05, 4.69) is 27.5 Å². The lowest BCUT2D eigenvalue weighted by Gasteiger charge is -2.11. The first-order valence-electron chi connectivity index (χ1n) is 7.96. The average Bonchev–Trinajstić information content (AvgIpc) is 2.96. The summed E-state index contributed by atoms with van der Waals surface area (Å²) in [5.41, 5.74) is 1.33. The van der Waals surface area contributed by atoms with Crippen LogP contribution < -0.4 is 10.6 Å². The van der Waals surface area contributed by atoms with Crippen molar-refractivity contribution in [3.8, 4) is 5.69 Å². The Hall–Kier alpha value is -1.64. The first-order chi connectivity index (χ1) is 11.2. The van der Waals surface area contributed by atoms with E-state index in [1.54, 1.807) is 23.0 Å². The molecule has 1 aromatic heterocycles. The highest BCUT2D eigenvalue weighted by Gasteiger charge is 2.08. The molecule has 0 radical (unpaired) electrons. The molecule has 1 aromatic carbocycles. The minimum Gasteiger partial charge on any atom is -0.357 e. The van der Waals surface area contributed by atoms with Crippen LogP contribution in [-0.2, 0) is 6.54 Å². The SMILES string of the molecule is CCCNC(=NCc1ccc(-n2ccnc2C)c(F)c1)NCC.I. The maximum Gasteiger partial charge on any atom is 0.191 e. The summed E-state index contributed by atoms with van der Waals surface area (Å²) in [4.78, 5) is 8.60. The highest BCUT2D eigenvalue weighted by atomic mass is 127. The molecule has 0 atom stereocenters. The van der Waals surface area contributed by atoms with E-state index in [1.165, 1.54) is 6.07 Å². The van der Waals surface area contributed by atoms with Crippen LogP contribution in [0.1, 0.15) is 31.7 Å². The van der Waals surface area contributed by atoms with Gasteiger partial charge in [0.15, 0.2) is 5.96 Å². The van der Waals surface area contributed by atoms with Crippen molar-refractivity contribution in [2.75, 3.05) is 13.1 Å². The lowest BCUT2D eigenvalue weighted by Crippen LogP contribution is -2.37. The minimum atomic E-state index is -0.273. The summed E-state index contributed by atoms with van der Waals surface area (Å²) in [5.74, 6) is 1.24. The van der Waals surface area contributed by atoms with Gasteiger partial charge in [-0.15, -0.1) is 24.0 Å². The number of aromatic nitrogens is 2. The highest BCUT2D eigenvalue weighted by Crippen LogP contribution is 2.17. The summed E-state index contributed by atoms with van der Waals surface area (Å²) in [6.45, 7) is 8.05. The monoisotopic (exact) mass is 445 g/mol. The first-order valence-corrected chi connectivity index (χ1v) is 7.96. The molecule has 0 saturated heterocycles. The molecule has 24 heavy (non-hydrogen) atoms. The zero-order valence-electron chi connectivity index (χ0n) is 14.3. The van der Waals surface area contributed by atoms with Gasteiger partial charge in [0.1, 0.15) is 11.6 Å². The second-order valence-electron chi connectivity index (χ2n) is 5.25. The van der Waals surface area contributed by atoms with Crippen molar-refractivity contribution >= 4 is 29.9 Å². The van der Waals surface area contributed by atoms with Gasteiger partial charge in [-0.3, -0.25) is 0 Å². The molecule has 2 aromatic rings. The Labute approximate surface area is 159 Å². The summed E-state index contributed by atoms with van der Waals surface area (Å²) >= 11 is 0. The Morgan fingerprint density at radius 1 is 1.29 bits per heavy atom. The van der Waals surface area contributed by atoms with Crippen molar-refractivity contribution in [3.05, 3.63) is 47.8 Å². The molecule has 0 unspecified atom stereocenters. The van der Waals surface area contributed by atoms with Crippen LogP contribution in [0.5, 0.6) is 0 Å². The van der Waals surface area contributed by atoms with Crippen LogP contribution in [0.4, 0.5) is 4.39 Å². The fraction of sp³-hybridized carbons (Fsp3) is 0.412. The maximum absolute atomic E-state index is 14.3. The second-order valence-corrected chi connectivity index (χ2v) is 5.25.